The third-order valence-corrected chi connectivity index (χ3v) is 1.06. The summed E-state index contributed by atoms with van der Waals surface area (Å²) in [5, 5.41) is 8.02. The van der Waals surface area contributed by atoms with Crippen LogP contribution < -0.4 is 0 Å². The highest BCUT2D eigenvalue weighted by atomic mass is 32.2. The molecule has 0 aliphatic heterocycles. The van der Waals surface area contributed by atoms with Gasteiger partial charge in [0.1, 0.15) is 0 Å². The summed E-state index contributed by atoms with van der Waals surface area (Å²) in [4.78, 5) is 20.2. The van der Waals surface area contributed by atoms with Crippen molar-refractivity contribution in [2.24, 2.45) is 0 Å². The van der Waals surface area contributed by atoms with E-state index in [9.17, 15) is 18.0 Å². The topological polar surface area (TPSA) is 97.7 Å². The monoisotopic (exact) mass is 194 g/mol. The van der Waals surface area contributed by atoms with E-state index in [1.165, 1.54) is 0 Å². The van der Waals surface area contributed by atoms with Crippen LogP contribution in [-0.4, -0.2) is 31.7 Å². The van der Waals surface area contributed by atoms with Gasteiger partial charge in [0.2, 0.25) is 0 Å². The van der Waals surface area contributed by atoms with Crippen LogP contribution in [0.15, 0.2) is 12.2 Å². The van der Waals surface area contributed by atoms with Crippen LogP contribution in [0.2, 0.25) is 0 Å². The number of carbonyl (C=O) groups is 2. The molecule has 12 heavy (non-hydrogen) atoms. The molecule has 68 valence electrons. The van der Waals surface area contributed by atoms with Crippen LogP contribution in [0.3, 0.4) is 0 Å². The molecule has 0 saturated carbocycles. The van der Waals surface area contributed by atoms with Gasteiger partial charge in [-0.25, -0.2) is 9.59 Å². The van der Waals surface area contributed by atoms with Gasteiger partial charge in [0, 0.05) is 12.2 Å². The van der Waals surface area contributed by atoms with Gasteiger partial charge >= 0.3 is 22.1 Å². The van der Waals surface area contributed by atoms with E-state index in [1.807, 2.05) is 0 Å². The quantitative estimate of drug-likeness (QED) is 0.463. The van der Waals surface area contributed by atoms with Crippen molar-refractivity contribution >= 4 is 22.1 Å². The van der Waals surface area contributed by atoms with Gasteiger partial charge in [-0.05, 0) is 0 Å². The Morgan fingerprint density at radius 3 is 2.17 bits per heavy atom. The van der Waals surface area contributed by atoms with Crippen LogP contribution in [0.25, 0.3) is 0 Å². The van der Waals surface area contributed by atoms with E-state index in [2.05, 4.69) is 4.18 Å². The average Bonchev–Trinajstić information content (AvgIpc) is 1.79. The first-order valence-corrected chi connectivity index (χ1v) is 4.47. The molecule has 6 nitrogen and oxygen atoms in total. The van der Waals surface area contributed by atoms with E-state index in [0.29, 0.717) is 18.4 Å². The fourth-order valence-corrected chi connectivity index (χ4v) is 0.670. The Balaban J connectivity index is 4.18. The fourth-order valence-electron chi connectivity index (χ4n) is 0.316. The molecule has 0 aliphatic rings. The van der Waals surface area contributed by atoms with Gasteiger partial charge in [0.25, 0.3) is 0 Å². The summed E-state index contributed by atoms with van der Waals surface area (Å²) in [6.45, 7) is 0. The van der Waals surface area contributed by atoms with Crippen molar-refractivity contribution in [1.82, 2.24) is 0 Å². The van der Waals surface area contributed by atoms with Gasteiger partial charge < -0.3 is 9.29 Å². The average molecular weight is 194 g/mol. The molecule has 0 radical (unpaired) electrons. The second-order valence-electron chi connectivity index (χ2n) is 1.78. The van der Waals surface area contributed by atoms with Crippen LogP contribution in [0.5, 0.6) is 0 Å². The van der Waals surface area contributed by atoms with Crippen LogP contribution >= 0.6 is 0 Å². The molecule has 0 unspecified atom stereocenters. The smallest absolute Gasteiger partial charge is 0.346 e. The number of carboxylic acids is 1. The summed E-state index contributed by atoms with van der Waals surface area (Å²) in [5.41, 5.74) is 0. The molecule has 0 aromatic rings. The van der Waals surface area contributed by atoms with E-state index in [0.717, 1.165) is 0 Å². The van der Waals surface area contributed by atoms with Crippen molar-refractivity contribution in [3.8, 4) is 0 Å². The SMILES string of the molecule is CS(=O)(=O)OC(=O)/C=C/C(=O)O. The zero-order chi connectivity index (χ0) is 9.78. The largest absolute Gasteiger partial charge is 0.478 e. The third-order valence-electron chi connectivity index (χ3n) is 0.596. The van der Waals surface area contributed by atoms with Crippen LogP contribution in [0.4, 0.5) is 0 Å². The summed E-state index contributed by atoms with van der Waals surface area (Å²) in [6.07, 6.45) is 1.66. The van der Waals surface area contributed by atoms with Gasteiger partial charge in [-0.3, -0.25) is 0 Å². The van der Waals surface area contributed by atoms with E-state index >= 15 is 0 Å². The maximum atomic E-state index is 10.4. The highest BCUT2D eigenvalue weighted by Crippen LogP contribution is 1.89. The van der Waals surface area contributed by atoms with E-state index < -0.39 is 22.1 Å². The second kappa shape index (κ2) is 3.86. The van der Waals surface area contributed by atoms with Crippen LogP contribution in [0.1, 0.15) is 0 Å². The normalized spacial score (nSPS) is 11.4. The lowest BCUT2D eigenvalue weighted by Crippen LogP contribution is -2.08. The van der Waals surface area contributed by atoms with Crippen LogP contribution in [-0.2, 0) is 23.9 Å². The van der Waals surface area contributed by atoms with E-state index in [4.69, 9.17) is 5.11 Å². The Kier molecular flexibility index (Phi) is 3.42. The molecule has 0 bridgehead atoms. The van der Waals surface area contributed by atoms with Crippen molar-refractivity contribution in [2.75, 3.05) is 6.26 Å². The minimum Gasteiger partial charge on any atom is -0.478 e. The lowest BCUT2D eigenvalue weighted by atomic mass is 10.5. The minimum absolute atomic E-state index is 0.480. The van der Waals surface area contributed by atoms with E-state index in [1.54, 1.807) is 0 Å². The van der Waals surface area contributed by atoms with Crippen molar-refractivity contribution in [3.63, 3.8) is 0 Å². The molecule has 0 amide bonds. The summed E-state index contributed by atoms with van der Waals surface area (Å²) in [5.74, 6) is -2.60. The van der Waals surface area contributed by atoms with Crippen LogP contribution in [0, 0.1) is 0 Å². The molecule has 0 aliphatic carbocycles. The number of hydrogen-bond donors (Lipinski definition) is 1. The first-order valence-electron chi connectivity index (χ1n) is 2.65. The molecule has 0 aromatic carbocycles. The zero-order valence-electron chi connectivity index (χ0n) is 6.05. The predicted molar refractivity (Wildman–Crippen MR) is 37.7 cm³/mol. The number of hydrogen-bond acceptors (Lipinski definition) is 5. The lowest BCUT2D eigenvalue weighted by molar-refractivity contribution is -0.133. The van der Waals surface area contributed by atoms with Gasteiger partial charge in [-0.2, -0.15) is 8.42 Å². The zero-order valence-corrected chi connectivity index (χ0v) is 6.87. The molecule has 0 atom stereocenters. The highest BCUT2D eigenvalue weighted by Gasteiger charge is 2.07. The Morgan fingerprint density at radius 1 is 1.33 bits per heavy atom. The van der Waals surface area contributed by atoms with E-state index in [-0.39, 0.29) is 0 Å². The van der Waals surface area contributed by atoms with Crippen molar-refractivity contribution in [3.05, 3.63) is 12.2 Å². The van der Waals surface area contributed by atoms with Gasteiger partial charge in [-0.15, -0.1) is 0 Å². The first-order chi connectivity index (χ1) is 5.31. The van der Waals surface area contributed by atoms with Gasteiger partial charge in [0.05, 0.1) is 6.26 Å². The standard InChI is InChI=1S/C5H6O6S/c1-12(9,10)11-5(8)3-2-4(6)7/h2-3H,1H3,(H,6,7)/b3-2+. The van der Waals surface area contributed by atoms with Gasteiger partial charge in [0.15, 0.2) is 0 Å². The first kappa shape index (κ1) is 10.6. The molecular formula is C5H6O6S. The predicted octanol–water partition coefficient (Wildman–Crippen LogP) is -0.870. The fraction of sp³-hybridized carbons (Fsp3) is 0.200. The number of carbonyl (C=O) groups excluding carboxylic acids is 1. The molecule has 0 saturated heterocycles. The molecule has 1 N–H and O–H groups in total. The Bertz CT molecular complexity index is 311. The van der Waals surface area contributed by atoms with Crippen molar-refractivity contribution in [1.29, 1.82) is 0 Å². The summed E-state index contributed by atoms with van der Waals surface area (Å²) >= 11 is 0. The molecule has 0 fully saturated rings. The molecule has 0 aromatic heterocycles. The highest BCUT2D eigenvalue weighted by molar-refractivity contribution is 7.86. The Labute approximate surface area is 68.6 Å². The summed E-state index contributed by atoms with van der Waals surface area (Å²) in [6, 6.07) is 0. The molecular weight excluding hydrogens is 188 g/mol. The number of carboxylic acid groups (broad SMARTS) is 1. The van der Waals surface area contributed by atoms with Crippen molar-refractivity contribution < 1.29 is 27.3 Å². The third kappa shape index (κ3) is 6.75. The summed E-state index contributed by atoms with van der Waals surface area (Å²) in [7, 11) is -3.86. The lowest BCUT2D eigenvalue weighted by Gasteiger charge is -1.94. The number of aliphatic carboxylic acids is 1. The molecule has 0 heterocycles. The maximum Gasteiger partial charge on any atom is 0.346 e. The second-order valence-corrected chi connectivity index (χ2v) is 3.35. The maximum absolute atomic E-state index is 10.4. The number of rotatable bonds is 3. The molecule has 0 spiro atoms. The molecule has 7 heteroatoms. The molecule has 0 rings (SSSR count). The summed E-state index contributed by atoms with van der Waals surface area (Å²) < 4.78 is 24.3. The van der Waals surface area contributed by atoms with Crippen molar-refractivity contribution in [2.45, 2.75) is 0 Å². The van der Waals surface area contributed by atoms with Gasteiger partial charge in [-0.1, -0.05) is 0 Å². The Morgan fingerprint density at radius 2 is 1.83 bits per heavy atom. The minimum atomic E-state index is -3.86. The Hall–Kier alpha value is -1.37.